The molecular formula is C13H13N5O2S. The number of anilines is 1. The van der Waals surface area contributed by atoms with E-state index in [1.807, 2.05) is 19.1 Å². The van der Waals surface area contributed by atoms with Crippen molar-refractivity contribution in [1.82, 2.24) is 20.0 Å². The molecule has 1 aromatic carbocycles. The average Bonchev–Trinajstić information content (AvgIpc) is 3.09. The molecule has 0 aliphatic rings. The quantitative estimate of drug-likeness (QED) is 0.767. The summed E-state index contributed by atoms with van der Waals surface area (Å²) in [6.07, 6.45) is 4.27. The van der Waals surface area contributed by atoms with Crippen LogP contribution in [0.3, 0.4) is 0 Å². The van der Waals surface area contributed by atoms with Crippen LogP contribution < -0.4 is 4.72 Å². The zero-order valence-electron chi connectivity index (χ0n) is 11.2. The van der Waals surface area contributed by atoms with Gasteiger partial charge in [0, 0.05) is 18.1 Å². The Morgan fingerprint density at radius 3 is 2.81 bits per heavy atom. The molecule has 2 heterocycles. The van der Waals surface area contributed by atoms with Crippen molar-refractivity contribution < 1.29 is 8.42 Å². The molecule has 0 atom stereocenters. The third-order valence-corrected chi connectivity index (χ3v) is 4.31. The molecule has 8 heteroatoms. The van der Waals surface area contributed by atoms with Crippen LogP contribution in [0.15, 0.2) is 53.8 Å². The highest BCUT2D eigenvalue weighted by molar-refractivity contribution is 7.92. The molecule has 108 valence electrons. The van der Waals surface area contributed by atoms with Gasteiger partial charge in [0.05, 0.1) is 17.6 Å². The largest absolute Gasteiger partial charge is 0.284 e. The number of H-pyrrole nitrogens is 1. The highest BCUT2D eigenvalue weighted by atomic mass is 32.2. The van der Waals surface area contributed by atoms with E-state index in [1.165, 1.54) is 12.4 Å². The monoisotopic (exact) mass is 303 g/mol. The molecule has 0 fully saturated rings. The Morgan fingerprint density at radius 2 is 2.14 bits per heavy atom. The van der Waals surface area contributed by atoms with Crippen LogP contribution in [0.4, 0.5) is 5.69 Å². The van der Waals surface area contributed by atoms with Crippen LogP contribution in [0.1, 0.15) is 5.69 Å². The number of aromatic amines is 1. The molecule has 3 rings (SSSR count). The summed E-state index contributed by atoms with van der Waals surface area (Å²) in [5, 5.41) is 10.3. The van der Waals surface area contributed by atoms with Crippen molar-refractivity contribution in [2.75, 3.05) is 4.72 Å². The Kier molecular flexibility index (Phi) is 3.22. The van der Waals surface area contributed by atoms with E-state index in [0.717, 1.165) is 11.4 Å². The minimum atomic E-state index is -3.64. The number of benzene rings is 1. The van der Waals surface area contributed by atoms with E-state index >= 15 is 0 Å². The van der Waals surface area contributed by atoms with Crippen LogP contribution in [-0.2, 0) is 10.0 Å². The van der Waals surface area contributed by atoms with Gasteiger partial charge in [-0.2, -0.15) is 10.2 Å². The first-order chi connectivity index (χ1) is 10.1. The van der Waals surface area contributed by atoms with Gasteiger partial charge in [0.2, 0.25) is 0 Å². The molecule has 2 N–H and O–H groups in total. The van der Waals surface area contributed by atoms with E-state index in [1.54, 1.807) is 29.1 Å². The third kappa shape index (κ3) is 2.65. The second-order valence-electron chi connectivity index (χ2n) is 4.47. The first kappa shape index (κ1) is 13.4. The Balaban J connectivity index is 1.93. The summed E-state index contributed by atoms with van der Waals surface area (Å²) in [6.45, 7) is 1.93. The summed E-state index contributed by atoms with van der Waals surface area (Å²) >= 11 is 0. The zero-order valence-corrected chi connectivity index (χ0v) is 12.0. The lowest BCUT2D eigenvalue weighted by molar-refractivity contribution is 0.601. The van der Waals surface area contributed by atoms with E-state index in [0.29, 0.717) is 5.69 Å². The molecule has 7 nitrogen and oxygen atoms in total. The summed E-state index contributed by atoms with van der Waals surface area (Å²) < 4.78 is 28.5. The molecule has 0 aliphatic heterocycles. The van der Waals surface area contributed by atoms with Crippen LogP contribution in [0.2, 0.25) is 0 Å². The predicted molar refractivity (Wildman–Crippen MR) is 77.7 cm³/mol. The van der Waals surface area contributed by atoms with Crippen molar-refractivity contribution in [3.8, 4) is 5.69 Å². The van der Waals surface area contributed by atoms with Gasteiger partial charge in [0.25, 0.3) is 10.0 Å². The van der Waals surface area contributed by atoms with Gasteiger partial charge in [-0.05, 0) is 31.2 Å². The molecule has 2 aromatic heterocycles. The highest BCUT2D eigenvalue weighted by Crippen LogP contribution is 2.19. The molecule has 0 radical (unpaired) electrons. The number of nitrogens with zero attached hydrogens (tertiary/aromatic N) is 3. The summed E-state index contributed by atoms with van der Waals surface area (Å²) in [6, 6.07) is 8.90. The Morgan fingerprint density at radius 1 is 1.29 bits per heavy atom. The van der Waals surface area contributed by atoms with Crippen LogP contribution in [-0.4, -0.2) is 28.4 Å². The molecule has 0 unspecified atom stereocenters. The van der Waals surface area contributed by atoms with Crippen LogP contribution in [0.5, 0.6) is 0 Å². The normalized spacial score (nSPS) is 11.5. The van der Waals surface area contributed by atoms with Crippen molar-refractivity contribution >= 4 is 15.7 Å². The standard InChI is InChI=1S/C13H13N5O2S/c1-10-5-6-16-18(10)12-4-2-3-11(7-12)17-21(19,20)13-8-14-15-9-13/h2-9,17H,1H3,(H,14,15). The topological polar surface area (TPSA) is 92.7 Å². The first-order valence-electron chi connectivity index (χ1n) is 6.19. The molecular weight excluding hydrogens is 290 g/mol. The van der Waals surface area contributed by atoms with Gasteiger partial charge in [-0.3, -0.25) is 9.82 Å². The molecule has 0 amide bonds. The average molecular weight is 303 g/mol. The van der Waals surface area contributed by atoms with Crippen LogP contribution >= 0.6 is 0 Å². The summed E-state index contributed by atoms with van der Waals surface area (Å²) in [5.74, 6) is 0. The lowest BCUT2D eigenvalue weighted by atomic mass is 10.3. The number of hydrogen-bond acceptors (Lipinski definition) is 4. The van der Waals surface area contributed by atoms with Crippen LogP contribution in [0, 0.1) is 6.92 Å². The van der Waals surface area contributed by atoms with Crippen molar-refractivity contribution in [3.05, 3.63) is 54.6 Å². The van der Waals surface area contributed by atoms with Gasteiger partial charge in [-0.25, -0.2) is 13.1 Å². The van der Waals surface area contributed by atoms with E-state index < -0.39 is 10.0 Å². The van der Waals surface area contributed by atoms with Crippen LogP contribution in [0.25, 0.3) is 5.69 Å². The lowest BCUT2D eigenvalue weighted by Gasteiger charge is -2.09. The van der Waals surface area contributed by atoms with Gasteiger partial charge in [0.1, 0.15) is 4.90 Å². The molecule has 0 saturated heterocycles. The van der Waals surface area contributed by atoms with Gasteiger partial charge < -0.3 is 0 Å². The Bertz CT molecular complexity index is 852. The van der Waals surface area contributed by atoms with Gasteiger partial charge in [-0.15, -0.1) is 0 Å². The first-order valence-corrected chi connectivity index (χ1v) is 7.67. The molecule has 0 aliphatic carbocycles. The number of rotatable bonds is 4. The minimum absolute atomic E-state index is 0.0863. The maximum absolute atomic E-state index is 12.1. The highest BCUT2D eigenvalue weighted by Gasteiger charge is 2.15. The number of sulfonamides is 1. The smallest absolute Gasteiger partial charge is 0.265 e. The molecule has 0 bridgehead atoms. The molecule has 3 aromatic rings. The number of aromatic nitrogens is 4. The fourth-order valence-corrected chi connectivity index (χ4v) is 2.90. The molecule has 0 spiro atoms. The SMILES string of the molecule is Cc1ccnn1-c1cccc(NS(=O)(=O)c2cn[nH]c2)c1. The van der Waals surface area contributed by atoms with Crippen molar-refractivity contribution in [1.29, 1.82) is 0 Å². The lowest BCUT2D eigenvalue weighted by Crippen LogP contribution is -2.12. The summed E-state index contributed by atoms with van der Waals surface area (Å²) in [5.41, 5.74) is 2.21. The van der Waals surface area contributed by atoms with E-state index in [2.05, 4.69) is 20.0 Å². The van der Waals surface area contributed by atoms with Gasteiger partial charge >= 0.3 is 0 Å². The van der Waals surface area contributed by atoms with Gasteiger partial charge in [-0.1, -0.05) is 6.07 Å². The van der Waals surface area contributed by atoms with E-state index in [-0.39, 0.29) is 4.90 Å². The van der Waals surface area contributed by atoms with E-state index in [4.69, 9.17) is 0 Å². The molecule has 21 heavy (non-hydrogen) atoms. The summed E-state index contributed by atoms with van der Waals surface area (Å²) in [4.78, 5) is 0.0863. The third-order valence-electron chi connectivity index (χ3n) is 2.96. The number of hydrogen-bond donors (Lipinski definition) is 2. The Hall–Kier alpha value is -2.61. The molecule has 0 saturated carbocycles. The maximum Gasteiger partial charge on any atom is 0.265 e. The fourth-order valence-electron chi connectivity index (χ4n) is 1.94. The number of nitrogens with one attached hydrogen (secondary N) is 2. The maximum atomic E-state index is 12.1. The van der Waals surface area contributed by atoms with Crippen molar-refractivity contribution in [2.45, 2.75) is 11.8 Å². The second-order valence-corrected chi connectivity index (χ2v) is 6.16. The van der Waals surface area contributed by atoms with Gasteiger partial charge in [0.15, 0.2) is 0 Å². The predicted octanol–water partition coefficient (Wildman–Crippen LogP) is 1.70. The summed E-state index contributed by atoms with van der Waals surface area (Å²) in [7, 11) is -3.64. The fraction of sp³-hybridized carbons (Fsp3) is 0.0769. The van der Waals surface area contributed by atoms with Crippen molar-refractivity contribution in [3.63, 3.8) is 0 Å². The van der Waals surface area contributed by atoms with Crippen molar-refractivity contribution in [2.24, 2.45) is 0 Å². The second kappa shape index (κ2) is 5.06. The zero-order chi connectivity index (χ0) is 14.9. The minimum Gasteiger partial charge on any atom is -0.284 e. The Labute approximate surface area is 121 Å². The van der Waals surface area contributed by atoms with E-state index in [9.17, 15) is 8.42 Å². The number of aryl methyl sites for hydroxylation is 1.